The molecule has 0 spiro atoms. The molecule has 0 aliphatic heterocycles. The molecule has 1 aromatic heterocycles. The number of aromatic nitrogens is 2. The number of H-pyrrole nitrogens is 1. The summed E-state index contributed by atoms with van der Waals surface area (Å²) in [4.78, 5) is 77.3. The topological polar surface area (TPSA) is 260 Å². The van der Waals surface area contributed by atoms with Gasteiger partial charge in [-0.1, -0.05) is 0 Å². The Morgan fingerprint density at radius 3 is 2.03 bits per heavy atom. The lowest BCUT2D eigenvalue weighted by molar-refractivity contribution is -0.141. The van der Waals surface area contributed by atoms with Crippen LogP contribution in [0.2, 0.25) is 0 Å². The molecule has 0 fully saturated rings. The fourth-order valence-corrected chi connectivity index (χ4v) is 2.77. The van der Waals surface area contributed by atoms with Gasteiger partial charge in [-0.15, -0.1) is 0 Å². The summed E-state index contributed by atoms with van der Waals surface area (Å²) in [7, 11) is 0. The average molecular weight is 487 g/mol. The van der Waals surface area contributed by atoms with Crippen LogP contribution in [-0.2, 0) is 35.2 Å². The first-order chi connectivity index (χ1) is 15.4. The maximum absolute atomic E-state index is 12.8. The highest BCUT2D eigenvalue weighted by atomic mass is 32.1. The zero-order valence-electron chi connectivity index (χ0n) is 17.2. The minimum Gasteiger partial charge on any atom is -0.481 e. The third kappa shape index (κ3) is 9.56. The van der Waals surface area contributed by atoms with Crippen LogP contribution < -0.4 is 27.4 Å². The van der Waals surface area contributed by atoms with Crippen molar-refractivity contribution in [3.8, 4) is 0 Å². The van der Waals surface area contributed by atoms with Crippen LogP contribution in [0.5, 0.6) is 0 Å². The highest BCUT2D eigenvalue weighted by Crippen LogP contribution is 2.03. The minimum absolute atomic E-state index is 0.147. The molecule has 182 valence electrons. The lowest BCUT2D eigenvalue weighted by atomic mass is 10.1. The van der Waals surface area contributed by atoms with Crippen molar-refractivity contribution in [3.05, 3.63) is 18.2 Å². The molecule has 33 heavy (non-hydrogen) atoms. The van der Waals surface area contributed by atoms with Crippen molar-refractivity contribution in [3.63, 3.8) is 0 Å². The minimum atomic E-state index is -1.58. The van der Waals surface area contributed by atoms with Crippen molar-refractivity contribution in [2.24, 2.45) is 11.5 Å². The number of carboxylic acid groups (broad SMARTS) is 2. The van der Waals surface area contributed by atoms with Gasteiger partial charge in [0.25, 0.3) is 0 Å². The van der Waals surface area contributed by atoms with Crippen LogP contribution in [0.4, 0.5) is 0 Å². The van der Waals surface area contributed by atoms with Gasteiger partial charge >= 0.3 is 11.9 Å². The van der Waals surface area contributed by atoms with E-state index >= 15 is 0 Å². The molecule has 0 aliphatic carbocycles. The van der Waals surface area contributed by atoms with Crippen LogP contribution in [0.3, 0.4) is 0 Å². The highest BCUT2D eigenvalue weighted by molar-refractivity contribution is 7.80. The maximum Gasteiger partial charge on any atom is 0.327 e. The van der Waals surface area contributed by atoms with Gasteiger partial charge in [0.15, 0.2) is 0 Å². The molecular formula is C17H25N7O8S. The van der Waals surface area contributed by atoms with E-state index < -0.39 is 72.6 Å². The maximum atomic E-state index is 12.8. The third-order valence-electron chi connectivity index (χ3n) is 4.18. The van der Waals surface area contributed by atoms with E-state index in [9.17, 15) is 28.8 Å². The normalized spacial score (nSPS) is 14.2. The number of amides is 4. The van der Waals surface area contributed by atoms with Crippen molar-refractivity contribution in [1.29, 1.82) is 0 Å². The Kier molecular flexibility index (Phi) is 10.8. The van der Waals surface area contributed by atoms with Crippen molar-refractivity contribution in [2.45, 2.75) is 43.4 Å². The van der Waals surface area contributed by atoms with E-state index in [0.717, 1.165) is 0 Å². The summed E-state index contributed by atoms with van der Waals surface area (Å²) in [6.07, 6.45) is 1.13. The molecule has 1 rings (SSSR count). The van der Waals surface area contributed by atoms with Crippen molar-refractivity contribution in [2.75, 3.05) is 5.75 Å². The molecule has 4 atom stereocenters. The van der Waals surface area contributed by atoms with E-state index in [0.29, 0.717) is 5.69 Å². The largest absolute Gasteiger partial charge is 0.481 e. The number of carboxylic acids is 2. The van der Waals surface area contributed by atoms with Gasteiger partial charge in [-0.2, -0.15) is 12.6 Å². The second-order valence-electron chi connectivity index (χ2n) is 6.86. The molecule has 1 aromatic rings. The Labute approximate surface area is 192 Å². The van der Waals surface area contributed by atoms with Crippen LogP contribution in [-0.4, -0.2) is 85.7 Å². The summed E-state index contributed by atoms with van der Waals surface area (Å²) in [5.41, 5.74) is 11.0. The SMILES string of the molecule is NC(=O)CC(NC(=O)C(N)CC(=O)O)C(=O)NC(Cc1cnc[nH]1)C(=O)NC(CS)C(=O)O. The van der Waals surface area contributed by atoms with Crippen LogP contribution in [0, 0.1) is 0 Å². The second kappa shape index (κ2) is 13.0. The molecule has 16 heteroatoms. The second-order valence-corrected chi connectivity index (χ2v) is 7.23. The van der Waals surface area contributed by atoms with Crippen molar-refractivity contribution >= 4 is 48.2 Å². The first kappa shape index (κ1) is 27.4. The van der Waals surface area contributed by atoms with Gasteiger partial charge in [0.1, 0.15) is 18.1 Å². The van der Waals surface area contributed by atoms with Gasteiger partial charge in [-0.05, 0) is 0 Å². The zero-order valence-corrected chi connectivity index (χ0v) is 18.1. The Balaban J connectivity index is 3.04. The molecule has 4 amide bonds. The number of carbonyl (C=O) groups excluding carboxylic acids is 4. The number of imidazole rings is 1. The fourth-order valence-electron chi connectivity index (χ4n) is 2.53. The Bertz CT molecular complexity index is 879. The first-order valence-electron chi connectivity index (χ1n) is 9.42. The summed E-state index contributed by atoms with van der Waals surface area (Å²) >= 11 is 3.86. The Morgan fingerprint density at radius 1 is 0.970 bits per heavy atom. The molecule has 4 unspecified atom stereocenters. The molecule has 15 nitrogen and oxygen atoms in total. The molecular weight excluding hydrogens is 462 g/mol. The van der Waals surface area contributed by atoms with E-state index in [-0.39, 0.29) is 12.2 Å². The number of rotatable bonds is 14. The smallest absolute Gasteiger partial charge is 0.327 e. The van der Waals surface area contributed by atoms with Gasteiger partial charge in [0, 0.05) is 24.1 Å². The van der Waals surface area contributed by atoms with E-state index in [1.807, 2.05) is 0 Å². The first-order valence-corrected chi connectivity index (χ1v) is 10.1. The van der Waals surface area contributed by atoms with Crippen molar-refractivity contribution in [1.82, 2.24) is 25.9 Å². The third-order valence-corrected chi connectivity index (χ3v) is 4.54. The number of primary amides is 1. The van der Waals surface area contributed by atoms with Crippen LogP contribution in [0.1, 0.15) is 18.5 Å². The van der Waals surface area contributed by atoms with Crippen LogP contribution in [0.15, 0.2) is 12.5 Å². The number of carbonyl (C=O) groups is 6. The summed E-state index contributed by atoms with van der Waals surface area (Å²) < 4.78 is 0. The molecule has 0 saturated heterocycles. The molecule has 10 N–H and O–H groups in total. The van der Waals surface area contributed by atoms with Gasteiger partial charge in [0.2, 0.25) is 23.6 Å². The lowest BCUT2D eigenvalue weighted by Crippen LogP contribution is -2.58. The summed E-state index contributed by atoms with van der Waals surface area (Å²) in [5.74, 6) is -6.84. The van der Waals surface area contributed by atoms with Gasteiger partial charge in [-0.3, -0.25) is 24.0 Å². The van der Waals surface area contributed by atoms with E-state index in [1.54, 1.807) is 0 Å². The number of thiol groups is 1. The number of aliphatic carboxylic acids is 2. The van der Waals surface area contributed by atoms with E-state index in [4.69, 9.17) is 21.7 Å². The molecule has 1 heterocycles. The number of aromatic amines is 1. The number of hydrogen-bond donors (Lipinski definition) is 9. The van der Waals surface area contributed by atoms with Crippen molar-refractivity contribution < 1.29 is 39.0 Å². The predicted molar refractivity (Wildman–Crippen MR) is 114 cm³/mol. The van der Waals surface area contributed by atoms with Gasteiger partial charge in [-0.25, -0.2) is 9.78 Å². The molecule has 0 aromatic carbocycles. The molecule has 0 aliphatic rings. The van der Waals surface area contributed by atoms with Gasteiger partial charge < -0.3 is 42.6 Å². The van der Waals surface area contributed by atoms with E-state index in [2.05, 4.69) is 38.5 Å². The van der Waals surface area contributed by atoms with Gasteiger partial charge in [0.05, 0.1) is 25.2 Å². The lowest BCUT2D eigenvalue weighted by Gasteiger charge is -2.24. The number of nitrogens with zero attached hydrogens (tertiary/aromatic N) is 1. The number of nitrogens with two attached hydrogens (primary N) is 2. The Morgan fingerprint density at radius 2 is 1.55 bits per heavy atom. The molecule has 0 bridgehead atoms. The van der Waals surface area contributed by atoms with Crippen LogP contribution >= 0.6 is 12.6 Å². The zero-order chi connectivity index (χ0) is 25.1. The fraction of sp³-hybridized carbons (Fsp3) is 0.471. The molecule has 0 saturated carbocycles. The monoisotopic (exact) mass is 487 g/mol. The molecule has 0 radical (unpaired) electrons. The Hall–Kier alpha value is -3.66. The summed E-state index contributed by atoms with van der Waals surface area (Å²) in [6.45, 7) is 0. The number of nitrogens with one attached hydrogen (secondary N) is 4. The van der Waals surface area contributed by atoms with Crippen LogP contribution in [0.25, 0.3) is 0 Å². The highest BCUT2D eigenvalue weighted by Gasteiger charge is 2.31. The standard InChI is InChI=1S/C17H25N7O8S/c18-8(2-13(26)27)14(28)22-10(3-12(19)25)16(30)23-9(1-7-4-20-6-21-7)15(29)24-11(5-33)17(31)32/h4,6,8-11,33H,1-3,5,18H2,(H2,19,25)(H,20,21)(H,22,28)(H,23,30)(H,24,29)(H,26,27)(H,31,32). The average Bonchev–Trinajstić information content (AvgIpc) is 3.22. The summed E-state index contributed by atoms with van der Waals surface area (Å²) in [6, 6.07) is -5.79. The summed E-state index contributed by atoms with van der Waals surface area (Å²) in [5, 5.41) is 24.5. The number of hydrogen-bond acceptors (Lipinski definition) is 9. The predicted octanol–water partition coefficient (Wildman–Crippen LogP) is -3.90. The quantitative estimate of drug-likeness (QED) is 0.115. The van der Waals surface area contributed by atoms with E-state index in [1.165, 1.54) is 12.5 Å².